The summed E-state index contributed by atoms with van der Waals surface area (Å²) in [5.41, 5.74) is 0. The second kappa shape index (κ2) is 5.00. The van der Waals surface area contributed by atoms with Crippen molar-refractivity contribution in [1.82, 2.24) is 0 Å². The fourth-order valence-corrected chi connectivity index (χ4v) is 1.26. The number of hydrogen-bond acceptors (Lipinski definition) is 2. The van der Waals surface area contributed by atoms with Crippen LogP contribution in [0.1, 0.15) is 6.92 Å². The van der Waals surface area contributed by atoms with Gasteiger partial charge in [0, 0.05) is 0 Å². The molecule has 1 atom stereocenters. The molecule has 0 bridgehead atoms. The second-order valence-electron chi connectivity index (χ2n) is 2.67. The van der Waals surface area contributed by atoms with Gasteiger partial charge in [-0.2, -0.15) is 0 Å². The zero-order valence-corrected chi connectivity index (χ0v) is 8.61. The van der Waals surface area contributed by atoms with Crippen molar-refractivity contribution >= 4 is 20.6 Å². The summed E-state index contributed by atoms with van der Waals surface area (Å²) in [5, 5.41) is 8.98. The Labute approximate surface area is 82.3 Å². The summed E-state index contributed by atoms with van der Waals surface area (Å²) in [6, 6.07) is 0. The SMILES string of the molecule is CC(O)CN=C([Se])[C]1[CH][CH][CH][CH]1. The first-order valence-electron chi connectivity index (χ1n) is 3.82. The molecule has 12 heavy (non-hydrogen) atoms. The second-order valence-corrected chi connectivity index (χ2v) is 3.48. The Hall–Kier alpha value is 0.149. The first-order chi connectivity index (χ1) is 5.70. The Kier molecular flexibility index (Phi) is 4.27. The van der Waals surface area contributed by atoms with Crippen molar-refractivity contribution in [3.63, 3.8) is 0 Å². The van der Waals surface area contributed by atoms with Crippen molar-refractivity contribution in [2.45, 2.75) is 13.0 Å². The predicted molar refractivity (Wildman–Crippen MR) is 50.2 cm³/mol. The fourth-order valence-electron chi connectivity index (χ4n) is 0.823. The predicted octanol–water partition coefficient (Wildman–Crippen LogP) is 0.339. The standard InChI is InChI=1S/C9H11NOSe/c1-7(11)6-10-9(12)8-4-2-3-5-8/h2-5,7,11H,6H2,1H3. The van der Waals surface area contributed by atoms with Gasteiger partial charge in [-0.15, -0.1) is 0 Å². The van der Waals surface area contributed by atoms with Gasteiger partial charge in [-0.05, 0) is 0 Å². The van der Waals surface area contributed by atoms with Gasteiger partial charge in [0.1, 0.15) is 0 Å². The van der Waals surface area contributed by atoms with Crippen LogP contribution in [0.2, 0.25) is 0 Å². The zero-order valence-electron chi connectivity index (χ0n) is 6.90. The quantitative estimate of drug-likeness (QED) is 0.548. The molecule has 1 aliphatic rings. The Morgan fingerprint density at radius 3 is 2.67 bits per heavy atom. The Balaban J connectivity index is 2.34. The van der Waals surface area contributed by atoms with Crippen LogP contribution in [0.3, 0.4) is 0 Å². The first-order valence-corrected chi connectivity index (χ1v) is 4.67. The number of aliphatic hydroxyl groups is 1. The van der Waals surface area contributed by atoms with Crippen molar-refractivity contribution < 1.29 is 5.11 Å². The Morgan fingerprint density at radius 1 is 1.58 bits per heavy atom. The third-order valence-electron chi connectivity index (χ3n) is 1.41. The molecule has 64 valence electrons. The number of aliphatic hydroxyl groups excluding tert-OH is 1. The average molecular weight is 228 g/mol. The van der Waals surface area contributed by atoms with Crippen LogP contribution in [0.4, 0.5) is 0 Å². The molecular formula is C9H11NOSe. The molecule has 0 aromatic heterocycles. The van der Waals surface area contributed by atoms with Crippen molar-refractivity contribution in [3.05, 3.63) is 31.6 Å². The first kappa shape index (κ1) is 10.2. The summed E-state index contributed by atoms with van der Waals surface area (Å²) in [7, 11) is 0. The van der Waals surface area contributed by atoms with E-state index >= 15 is 0 Å². The maximum absolute atomic E-state index is 8.98. The molecule has 0 amide bonds. The van der Waals surface area contributed by atoms with Crippen LogP contribution in [-0.4, -0.2) is 38.4 Å². The van der Waals surface area contributed by atoms with Crippen LogP contribution in [-0.2, 0) is 0 Å². The summed E-state index contributed by atoms with van der Waals surface area (Å²) in [5.74, 6) is 1.08. The van der Waals surface area contributed by atoms with E-state index in [1.807, 2.05) is 25.7 Å². The summed E-state index contributed by atoms with van der Waals surface area (Å²) in [4.78, 5) is 4.18. The third-order valence-corrected chi connectivity index (χ3v) is 2.17. The monoisotopic (exact) mass is 229 g/mol. The van der Waals surface area contributed by atoms with E-state index in [0.717, 1.165) is 10.5 Å². The molecule has 1 aliphatic carbocycles. The van der Waals surface area contributed by atoms with Crippen molar-refractivity contribution in [1.29, 1.82) is 0 Å². The van der Waals surface area contributed by atoms with Gasteiger partial charge >= 0.3 is 81.9 Å². The van der Waals surface area contributed by atoms with E-state index in [-0.39, 0.29) is 6.10 Å². The van der Waals surface area contributed by atoms with Crippen LogP contribution in [0.25, 0.3) is 0 Å². The van der Waals surface area contributed by atoms with Crippen molar-refractivity contribution in [3.8, 4) is 0 Å². The molecular weight excluding hydrogens is 217 g/mol. The van der Waals surface area contributed by atoms with Gasteiger partial charge < -0.3 is 0 Å². The van der Waals surface area contributed by atoms with E-state index in [0.29, 0.717) is 6.54 Å². The summed E-state index contributed by atoms with van der Waals surface area (Å²) in [6.07, 6.45) is 7.52. The van der Waals surface area contributed by atoms with Gasteiger partial charge in [0.05, 0.1) is 0 Å². The molecule has 1 saturated carbocycles. The minimum absolute atomic E-state index is 0.372. The normalized spacial score (nSPS) is 23.0. The Morgan fingerprint density at radius 2 is 2.17 bits per heavy atom. The molecule has 0 aromatic rings. The molecule has 0 spiro atoms. The number of aliphatic imine (C=N–C) groups is 1. The van der Waals surface area contributed by atoms with Crippen LogP contribution in [0.15, 0.2) is 4.99 Å². The van der Waals surface area contributed by atoms with Crippen LogP contribution >= 0.6 is 0 Å². The fraction of sp³-hybridized carbons (Fsp3) is 0.333. The molecule has 0 aromatic carbocycles. The number of hydrogen-bond donors (Lipinski definition) is 1. The minimum atomic E-state index is -0.372. The van der Waals surface area contributed by atoms with Gasteiger partial charge in [-0.3, -0.25) is 0 Å². The third kappa shape index (κ3) is 3.26. The van der Waals surface area contributed by atoms with E-state index in [4.69, 9.17) is 5.11 Å². The molecule has 6 radical (unpaired) electrons. The molecule has 3 heteroatoms. The van der Waals surface area contributed by atoms with E-state index in [9.17, 15) is 0 Å². The van der Waals surface area contributed by atoms with Crippen LogP contribution in [0.5, 0.6) is 0 Å². The van der Waals surface area contributed by atoms with Crippen LogP contribution in [0, 0.1) is 31.6 Å². The molecule has 1 N–H and O–H groups in total. The van der Waals surface area contributed by atoms with E-state index in [1.54, 1.807) is 6.92 Å². The van der Waals surface area contributed by atoms with Gasteiger partial charge in [0.25, 0.3) is 0 Å². The number of rotatable bonds is 3. The van der Waals surface area contributed by atoms with Gasteiger partial charge in [-0.1, -0.05) is 0 Å². The summed E-state index contributed by atoms with van der Waals surface area (Å²) >= 11 is 2.87. The molecule has 0 saturated heterocycles. The topological polar surface area (TPSA) is 32.6 Å². The molecule has 0 aliphatic heterocycles. The van der Waals surface area contributed by atoms with Crippen molar-refractivity contribution in [2.75, 3.05) is 6.54 Å². The van der Waals surface area contributed by atoms with E-state index in [1.165, 1.54) is 0 Å². The molecule has 2 nitrogen and oxygen atoms in total. The number of nitrogens with zero attached hydrogens (tertiary/aromatic N) is 1. The molecule has 1 rings (SSSR count). The zero-order chi connectivity index (χ0) is 8.97. The van der Waals surface area contributed by atoms with Crippen LogP contribution < -0.4 is 0 Å². The van der Waals surface area contributed by atoms with Crippen molar-refractivity contribution in [2.24, 2.45) is 4.99 Å². The van der Waals surface area contributed by atoms with Gasteiger partial charge in [0.2, 0.25) is 0 Å². The summed E-state index contributed by atoms with van der Waals surface area (Å²) in [6.45, 7) is 2.18. The summed E-state index contributed by atoms with van der Waals surface area (Å²) < 4.78 is 0.862. The maximum atomic E-state index is 8.98. The molecule has 0 heterocycles. The Bertz CT molecular complexity index is 162. The molecule has 1 fully saturated rings. The van der Waals surface area contributed by atoms with E-state index < -0.39 is 0 Å². The van der Waals surface area contributed by atoms with Gasteiger partial charge in [-0.25, -0.2) is 0 Å². The van der Waals surface area contributed by atoms with Gasteiger partial charge in [0.15, 0.2) is 0 Å². The van der Waals surface area contributed by atoms with E-state index in [2.05, 4.69) is 21.0 Å². The average Bonchev–Trinajstić information content (AvgIpc) is 2.51. The molecule has 1 unspecified atom stereocenters.